The summed E-state index contributed by atoms with van der Waals surface area (Å²) in [6.45, 7) is 2.33. The smallest absolute Gasteiger partial charge is 0.253 e. The molecule has 3 rings (SSSR count). The summed E-state index contributed by atoms with van der Waals surface area (Å²) in [6.07, 6.45) is 4.73. The number of methoxy groups -OCH3 is 1. The van der Waals surface area contributed by atoms with Gasteiger partial charge in [-0.05, 0) is 48.4 Å². The summed E-state index contributed by atoms with van der Waals surface area (Å²) in [5, 5.41) is 1.82. The predicted octanol–water partition coefficient (Wildman–Crippen LogP) is 2.47. The Hall–Kier alpha value is -1.28. The molecule has 0 radical (unpaired) electrons. The van der Waals surface area contributed by atoms with Gasteiger partial charge in [-0.3, -0.25) is 4.98 Å². The van der Waals surface area contributed by atoms with Crippen LogP contribution in [-0.2, 0) is 21.2 Å². The Morgan fingerprint density at radius 1 is 1.43 bits per heavy atom. The fraction of sp³-hybridized carbons (Fsp3) is 0.438. The third-order valence-corrected chi connectivity index (χ3v) is 7.85. The lowest BCUT2D eigenvalue weighted by atomic mass is 10.0. The molecule has 1 aliphatic heterocycles. The van der Waals surface area contributed by atoms with Crippen LogP contribution in [0.2, 0.25) is 0 Å². The van der Waals surface area contributed by atoms with Gasteiger partial charge in [-0.1, -0.05) is 6.07 Å². The van der Waals surface area contributed by atoms with Gasteiger partial charge in [-0.2, -0.15) is 4.31 Å². The van der Waals surface area contributed by atoms with Gasteiger partial charge in [0.2, 0.25) is 0 Å². The SMILES string of the molecule is CO[C@@H]1CCN(S(=O)(=O)c2sccc2C)[C@H]1Cc1cccnc1. The van der Waals surface area contributed by atoms with Crippen molar-refractivity contribution in [2.45, 2.75) is 36.1 Å². The molecule has 5 nitrogen and oxygen atoms in total. The van der Waals surface area contributed by atoms with Crippen molar-refractivity contribution in [3.05, 3.63) is 47.1 Å². The highest BCUT2D eigenvalue weighted by molar-refractivity contribution is 7.91. The molecule has 0 spiro atoms. The molecule has 0 N–H and O–H groups in total. The number of pyridine rings is 1. The standard InChI is InChI=1S/C16H20N2O3S2/c1-12-6-9-22-16(12)23(19,20)18-8-5-15(21-2)14(18)10-13-4-3-7-17-11-13/h3-4,6-7,9,11,14-15H,5,8,10H2,1-2H3/t14-,15+/m0/s1. The molecule has 2 aromatic rings. The van der Waals surface area contributed by atoms with Crippen molar-refractivity contribution >= 4 is 21.4 Å². The average Bonchev–Trinajstić information content (AvgIpc) is 3.15. The first-order valence-electron chi connectivity index (χ1n) is 7.51. The van der Waals surface area contributed by atoms with Gasteiger partial charge in [-0.15, -0.1) is 11.3 Å². The first-order chi connectivity index (χ1) is 11.0. The highest BCUT2D eigenvalue weighted by atomic mass is 32.2. The van der Waals surface area contributed by atoms with Gasteiger partial charge >= 0.3 is 0 Å². The van der Waals surface area contributed by atoms with Gasteiger partial charge in [0.15, 0.2) is 0 Å². The van der Waals surface area contributed by atoms with Crippen molar-refractivity contribution in [3.8, 4) is 0 Å². The van der Waals surface area contributed by atoms with E-state index in [0.717, 1.165) is 11.1 Å². The Morgan fingerprint density at radius 3 is 2.87 bits per heavy atom. The molecule has 0 saturated carbocycles. The Balaban J connectivity index is 1.92. The highest BCUT2D eigenvalue weighted by Gasteiger charge is 2.42. The number of sulfonamides is 1. The molecule has 0 bridgehead atoms. The summed E-state index contributed by atoms with van der Waals surface area (Å²) in [5.74, 6) is 0. The van der Waals surface area contributed by atoms with E-state index < -0.39 is 10.0 Å². The lowest BCUT2D eigenvalue weighted by Crippen LogP contribution is -2.41. The van der Waals surface area contributed by atoms with Crippen LogP contribution in [0.4, 0.5) is 0 Å². The predicted molar refractivity (Wildman–Crippen MR) is 90.1 cm³/mol. The quantitative estimate of drug-likeness (QED) is 0.829. The van der Waals surface area contributed by atoms with Crippen LogP contribution in [0.5, 0.6) is 0 Å². The fourth-order valence-corrected chi connectivity index (χ4v) is 6.29. The number of aryl methyl sites for hydroxylation is 1. The molecule has 1 aliphatic rings. The van der Waals surface area contributed by atoms with Crippen molar-refractivity contribution in [2.75, 3.05) is 13.7 Å². The molecule has 23 heavy (non-hydrogen) atoms. The molecule has 124 valence electrons. The molecule has 1 saturated heterocycles. The van der Waals surface area contributed by atoms with Crippen molar-refractivity contribution in [2.24, 2.45) is 0 Å². The highest BCUT2D eigenvalue weighted by Crippen LogP contribution is 2.33. The number of ether oxygens (including phenoxy) is 1. The second kappa shape index (κ2) is 6.68. The second-order valence-electron chi connectivity index (χ2n) is 5.70. The van der Waals surface area contributed by atoms with Crippen LogP contribution >= 0.6 is 11.3 Å². The Labute approximate surface area is 141 Å². The Morgan fingerprint density at radius 2 is 2.26 bits per heavy atom. The van der Waals surface area contributed by atoms with E-state index in [1.54, 1.807) is 23.8 Å². The topological polar surface area (TPSA) is 59.5 Å². The van der Waals surface area contributed by atoms with Gasteiger partial charge < -0.3 is 4.74 Å². The number of aromatic nitrogens is 1. The van der Waals surface area contributed by atoms with Crippen LogP contribution in [-0.4, -0.2) is 43.5 Å². The second-order valence-corrected chi connectivity index (χ2v) is 8.70. The van der Waals surface area contributed by atoms with E-state index in [-0.39, 0.29) is 12.1 Å². The molecule has 3 heterocycles. The summed E-state index contributed by atoms with van der Waals surface area (Å²) < 4.78 is 33.7. The zero-order valence-corrected chi connectivity index (χ0v) is 14.8. The largest absolute Gasteiger partial charge is 0.380 e. The maximum absolute atomic E-state index is 13.0. The van der Waals surface area contributed by atoms with Crippen LogP contribution in [0.15, 0.2) is 40.2 Å². The molecular formula is C16H20N2O3S2. The molecule has 0 aromatic carbocycles. The maximum Gasteiger partial charge on any atom is 0.253 e. The zero-order chi connectivity index (χ0) is 16.4. The van der Waals surface area contributed by atoms with Gasteiger partial charge in [-0.25, -0.2) is 8.42 Å². The monoisotopic (exact) mass is 352 g/mol. The molecule has 0 aliphatic carbocycles. The van der Waals surface area contributed by atoms with E-state index in [1.807, 2.05) is 30.5 Å². The minimum atomic E-state index is -3.49. The summed E-state index contributed by atoms with van der Waals surface area (Å²) in [4.78, 5) is 4.12. The van der Waals surface area contributed by atoms with Crippen molar-refractivity contribution in [1.29, 1.82) is 0 Å². The van der Waals surface area contributed by atoms with Crippen LogP contribution < -0.4 is 0 Å². The molecule has 1 fully saturated rings. The summed E-state index contributed by atoms with van der Waals surface area (Å²) >= 11 is 1.28. The van der Waals surface area contributed by atoms with Gasteiger partial charge in [0.1, 0.15) is 4.21 Å². The van der Waals surface area contributed by atoms with Gasteiger partial charge in [0, 0.05) is 26.0 Å². The molecule has 0 amide bonds. The zero-order valence-electron chi connectivity index (χ0n) is 13.2. The van der Waals surface area contributed by atoms with Gasteiger partial charge in [0.05, 0.1) is 12.1 Å². The number of thiophene rings is 1. The Kier molecular flexibility index (Phi) is 4.82. The van der Waals surface area contributed by atoms with Gasteiger partial charge in [0.25, 0.3) is 10.0 Å². The third kappa shape index (κ3) is 3.19. The molecule has 0 unspecified atom stereocenters. The van der Waals surface area contributed by atoms with Crippen LogP contribution in [0.1, 0.15) is 17.5 Å². The van der Waals surface area contributed by atoms with Crippen LogP contribution in [0, 0.1) is 6.92 Å². The van der Waals surface area contributed by atoms with E-state index in [0.29, 0.717) is 23.6 Å². The van der Waals surface area contributed by atoms with Crippen molar-refractivity contribution in [1.82, 2.24) is 9.29 Å². The van der Waals surface area contributed by atoms with E-state index in [9.17, 15) is 8.42 Å². The van der Waals surface area contributed by atoms with Crippen LogP contribution in [0.3, 0.4) is 0 Å². The van der Waals surface area contributed by atoms with E-state index >= 15 is 0 Å². The molecular weight excluding hydrogens is 332 g/mol. The van der Waals surface area contributed by atoms with Crippen LogP contribution in [0.25, 0.3) is 0 Å². The third-order valence-electron chi connectivity index (χ3n) is 4.26. The summed E-state index contributed by atoms with van der Waals surface area (Å²) in [7, 11) is -1.84. The van der Waals surface area contributed by atoms with E-state index in [2.05, 4.69) is 4.98 Å². The van der Waals surface area contributed by atoms with E-state index in [1.165, 1.54) is 11.3 Å². The normalized spacial score (nSPS) is 22.5. The molecule has 2 aromatic heterocycles. The number of hydrogen-bond acceptors (Lipinski definition) is 5. The molecule has 2 atom stereocenters. The number of hydrogen-bond donors (Lipinski definition) is 0. The minimum Gasteiger partial charge on any atom is -0.380 e. The lowest BCUT2D eigenvalue weighted by molar-refractivity contribution is 0.0810. The summed E-state index contributed by atoms with van der Waals surface area (Å²) in [6, 6.07) is 5.49. The Bertz CT molecular complexity index is 759. The van der Waals surface area contributed by atoms with E-state index in [4.69, 9.17) is 4.74 Å². The first-order valence-corrected chi connectivity index (χ1v) is 9.83. The minimum absolute atomic E-state index is 0.0924. The van der Waals surface area contributed by atoms with Crippen molar-refractivity contribution in [3.63, 3.8) is 0 Å². The number of nitrogens with zero attached hydrogens (tertiary/aromatic N) is 2. The first kappa shape index (κ1) is 16.6. The average molecular weight is 352 g/mol. The maximum atomic E-state index is 13.0. The fourth-order valence-electron chi connectivity index (χ4n) is 3.09. The number of rotatable bonds is 5. The van der Waals surface area contributed by atoms with Crippen molar-refractivity contribution < 1.29 is 13.2 Å². The summed E-state index contributed by atoms with van der Waals surface area (Å²) in [5.41, 5.74) is 1.82. The lowest BCUT2D eigenvalue weighted by Gasteiger charge is -2.26. The molecule has 7 heteroatoms.